The highest BCUT2D eigenvalue weighted by Crippen LogP contribution is 2.10. The first kappa shape index (κ1) is 16.7. The Labute approximate surface area is 109 Å². The van der Waals surface area contributed by atoms with Gasteiger partial charge in [0, 0.05) is 0 Å². The molecule has 0 bridgehead atoms. The van der Waals surface area contributed by atoms with E-state index in [1.54, 1.807) is 0 Å². The second-order valence-corrected chi connectivity index (χ2v) is 5.56. The molecule has 1 atom stereocenters. The minimum absolute atomic E-state index is 0.875. The average Bonchev–Trinajstić information content (AvgIpc) is 2.31. The van der Waals surface area contributed by atoms with E-state index in [1.807, 2.05) is 0 Å². The molecule has 1 unspecified atom stereocenters. The molecule has 0 spiro atoms. The third-order valence-corrected chi connectivity index (χ3v) is 3.54. The molecule has 1 heteroatoms. The van der Waals surface area contributed by atoms with Crippen LogP contribution in [0.1, 0.15) is 66.2 Å². The molecule has 102 valence electrons. The quantitative estimate of drug-likeness (QED) is 0.464. The molecule has 0 fully saturated rings. The van der Waals surface area contributed by atoms with Crippen molar-refractivity contribution in [2.75, 3.05) is 19.6 Å². The first-order valence-corrected chi connectivity index (χ1v) is 7.46. The summed E-state index contributed by atoms with van der Waals surface area (Å²) in [6, 6.07) is 0. The van der Waals surface area contributed by atoms with Gasteiger partial charge in [0.15, 0.2) is 0 Å². The molecule has 0 aliphatic carbocycles. The lowest BCUT2D eigenvalue weighted by Gasteiger charge is -2.23. The van der Waals surface area contributed by atoms with Gasteiger partial charge in [-0.2, -0.15) is 0 Å². The van der Waals surface area contributed by atoms with Crippen molar-refractivity contribution in [1.29, 1.82) is 0 Å². The van der Waals surface area contributed by atoms with Crippen molar-refractivity contribution in [3.63, 3.8) is 0 Å². The van der Waals surface area contributed by atoms with Crippen molar-refractivity contribution in [3.8, 4) is 0 Å². The van der Waals surface area contributed by atoms with E-state index in [9.17, 15) is 0 Å². The van der Waals surface area contributed by atoms with E-state index in [-0.39, 0.29) is 0 Å². The van der Waals surface area contributed by atoms with Crippen LogP contribution >= 0.6 is 0 Å². The molecule has 0 N–H and O–H groups in total. The lowest BCUT2D eigenvalue weighted by molar-refractivity contribution is 0.247. The van der Waals surface area contributed by atoms with Crippen LogP contribution in [0, 0.1) is 5.92 Å². The molecule has 0 radical (unpaired) electrons. The summed E-state index contributed by atoms with van der Waals surface area (Å²) in [6.07, 6.45) is 7.78. The van der Waals surface area contributed by atoms with Crippen molar-refractivity contribution < 1.29 is 0 Å². The van der Waals surface area contributed by atoms with E-state index in [4.69, 9.17) is 0 Å². The SMILES string of the molecule is C=C(C)CCCN(CCCC)CCC(C)CC. The van der Waals surface area contributed by atoms with Gasteiger partial charge >= 0.3 is 0 Å². The molecular formula is C16H33N. The highest BCUT2D eigenvalue weighted by atomic mass is 15.1. The number of rotatable bonds is 11. The topological polar surface area (TPSA) is 3.24 Å². The Hall–Kier alpha value is -0.300. The van der Waals surface area contributed by atoms with Gasteiger partial charge in [-0.05, 0) is 58.2 Å². The highest BCUT2D eigenvalue weighted by molar-refractivity contribution is 4.87. The zero-order chi connectivity index (χ0) is 13.1. The maximum Gasteiger partial charge on any atom is -0.00157 e. The van der Waals surface area contributed by atoms with Gasteiger partial charge in [-0.15, -0.1) is 6.58 Å². The summed E-state index contributed by atoms with van der Waals surface area (Å²) in [7, 11) is 0. The zero-order valence-corrected chi connectivity index (χ0v) is 12.6. The van der Waals surface area contributed by atoms with Crippen LogP contribution in [-0.2, 0) is 0 Å². The Bertz CT molecular complexity index is 186. The second kappa shape index (κ2) is 10.8. The molecular weight excluding hydrogens is 206 g/mol. The minimum atomic E-state index is 0.875. The van der Waals surface area contributed by atoms with Gasteiger partial charge in [0.1, 0.15) is 0 Å². The van der Waals surface area contributed by atoms with E-state index in [1.165, 1.54) is 63.7 Å². The summed E-state index contributed by atoms with van der Waals surface area (Å²) in [5.41, 5.74) is 1.32. The van der Waals surface area contributed by atoms with Crippen LogP contribution in [0.15, 0.2) is 12.2 Å². The van der Waals surface area contributed by atoms with Crippen LogP contribution in [0.3, 0.4) is 0 Å². The predicted octanol–water partition coefficient (Wildman–Crippen LogP) is 4.88. The van der Waals surface area contributed by atoms with E-state index >= 15 is 0 Å². The summed E-state index contributed by atoms with van der Waals surface area (Å²) >= 11 is 0. The molecule has 1 nitrogen and oxygen atoms in total. The molecule has 0 aliphatic heterocycles. The lowest BCUT2D eigenvalue weighted by Crippen LogP contribution is -2.28. The number of nitrogens with zero attached hydrogens (tertiary/aromatic N) is 1. The Kier molecular flexibility index (Phi) is 10.6. The minimum Gasteiger partial charge on any atom is -0.303 e. The van der Waals surface area contributed by atoms with Gasteiger partial charge in [-0.25, -0.2) is 0 Å². The Morgan fingerprint density at radius 2 is 1.76 bits per heavy atom. The molecule has 0 rings (SSSR count). The van der Waals surface area contributed by atoms with Crippen molar-refractivity contribution >= 4 is 0 Å². The van der Waals surface area contributed by atoms with Crippen LogP contribution in [0.25, 0.3) is 0 Å². The fourth-order valence-electron chi connectivity index (χ4n) is 1.93. The molecule has 0 saturated heterocycles. The van der Waals surface area contributed by atoms with Gasteiger partial charge in [0.25, 0.3) is 0 Å². The van der Waals surface area contributed by atoms with Crippen molar-refractivity contribution in [1.82, 2.24) is 4.90 Å². The van der Waals surface area contributed by atoms with Crippen LogP contribution in [0.2, 0.25) is 0 Å². The average molecular weight is 239 g/mol. The molecule has 0 saturated carbocycles. The van der Waals surface area contributed by atoms with E-state index in [0.717, 1.165) is 5.92 Å². The summed E-state index contributed by atoms with van der Waals surface area (Å²) in [4.78, 5) is 2.65. The van der Waals surface area contributed by atoms with Gasteiger partial charge < -0.3 is 4.90 Å². The Morgan fingerprint density at radius 3 is 2.29 bits per heavy atom. The van der Waals surface area contributed by atoms with Crippen molar-refractivity contribution in [2.24, 2.45) is 5.92 Å². The standard InChI is InChI=1S/C16H33N/c1-6-8-12-17(13-9-10-15(3)4)14-11-16(5)7-2/h16H,3,6-14H2,1-2,4-5H3. The van der Waals surface area contributed by atoms with E-state index in [0.29, 0.717) is 0 Å². The largest absolute Gasteiger partial charge is 0.303 e. The monoisotopic (exact) mass is 239 g/mol. The van der Waals surface area contributed by atoms with E-state index in [2.05, 4.69) is 39.2 Å². The molecule has 0 aliphatic rings. The molecule has 0 heterocycles. The van der Waals surface area contributed by atoms with Gasteiger partial charge in [0.2, 0.25) is 0 Å². The maximum absolute atomic E-state index is 3.98. The summed E-state index contributed by atoms with van der Waals surface area (Å²) < 4.78 is 0. The zero-order valence-electron chi connectivity index (χ0n) is 12.6. The predicted molar refractivity (Wildman–Crippen MR) is 79.5 cm³/mol. The van der Waals surface area contributed by atoms with Gasteiger partial charge in [-0.3, -0.25) is 0 Å². The number of hydrogen-bond acceptors (Lipinski definition) is 1. The van der Waals surface area contributed by atoms with Crippen LogP contribution in [-0.4, -0.2) is 24.5 Å². The van der Waals surface area contributed by atoms with E-state index < -0.39 is 0 Å². The third kappa shape index (κ3) is 10.6. The normalized spacial score (nSPS) is 13.0. The first-order chi connectivity index (χ1) is 8.10. The fraction of sp³-hybridized carbons (Fsp3) is 0.875. The highest BCUT2D eigenvalue weighted by Gasteiger charge is 2.06. The summed E-state index contributed by atoms with van der Waals surface area (Å²) in [5, 5.41) is 0. The molecule has 0 aromatic rings. The van der Waals surface area contributed by atoms with Crippen LogP contribution < -0.4 is 0 Å². The van der Waals surface area contributed by atoms with Gasteiger partial charge in [-0.1, -0.05) is 39.2 Å². The number of hydrogen-bond donors (Lipinski definition) is 0. The van der Waals surface area contributed by atoms with Gasteiger partial charge in [0.05, 0.1) is 0 Å². The van der Waals surface area contributed by atoms with Crippen molar-refractivity contribution in [2.45, 2.75) is 66.2 Å². The molecule has 0 aromatic heterocycles. The molecule has 0 aromatic carbocycles. The summed E-state index contributed by atoms with van der Waals surface area (Å²) in [5.74, 6) is 0.875. The van der Waals surface area contributed by atoms with Crippen LogP contribution in [0.4, 0.5) is 0 Å². The van der Waals surface area contributed by atoms with Crippen molar-refractivity contribution in [3.05, 3.63) is 12.2 Å². The lowest BCUT2D eigenvalue weighted by atomic mass is 10.0. The smallest absolute Gasteiger partial charge is 0.00157 e. The van der Waals surface area contributed by atoms with Crippen LogP contribution in [0.5, 0.6) is 0 Å². The Morgan fingerprint density at radius 1 is 1.12 bits per heavy atom. The number of unbranched alkanes of at least 4 members (excludes halogenated alkanes) is 1. The Balaban J connectivity index is 3.82. The second-order valence-electron chi connectivity index (χ2n) is 5.56. The fourth-order valence-corrected chi connectivity index (χ4v) is 1.93. The number of allylic oxidation sites excluding steroid dienone is 1. The maximum atomic E-state index is 3.98. The molecule has 0 amide bonds. The first-order valence-electron chi connectivity index (χ1n) is 7.46. The molecule has 17 heavy (non-hydrogen) atoms. The third-order valence-electron chi connectivity index (χ3n) is 3.54. The summed E-state index contributed by atoms with van der Waals surface area (Å²) in [6.45, 7) is 16.9.